The molecule has 0 radical (unpaired) electrons. The fraction of sp³-hybridized carbons (Fsp3) is 0.800. The van der Waals surface area contributed by atoms with Gasteiger partial charge in [0.25, 0.3) is 5.95 Å². The molecule has 0 N–H and O–H groups in total. The Kier molecular flexibility index (Phi) is 6.46. The van der Waals surface area contributed by atoms with E-state index in [1.54, 1.807) is 14.2 Å². The van der Waals surface area contributed by atoms with E-state index in [-0.39, 0.29) is 9.52 Å². The molecule has 5 heteroatoms. The fourth-order valence-corrected chi connectivity index (χ4v) is 2.46. The van der Waals surface area contributed by atoms with Crippen LogP contribution in [0, 0.1) is 0 Å². The Labute approximate surface area is 93.4 Å². The molecule has 1 fully saturated rings. The molecule has 15 heavy (non-hydrogen) atoms. The number of ether oxygens (including phenoxy) is 4. The zero-order chi connectivity index (χ0) is 10.9. The van der Waals surface area contributed by atoms with Gasteiger partial charge in [-0.05, 0) is 12.1 Å². The van der Waals surface area contributed by atoms with E-state index in [1.165, 1.54) is 6.04 Å². The van der Waals surface area contributed by atoms with Crippen LogP contribution in [0.3, 0.4) is 0 Å². The van der Waals surface area contributed by atoms with Crippen molar-refractivity contribution in [3.8, 4) is 0 Å². The van der Waals surface area contributed by atoms with Crippen LogP contribution in [0.25, 0.3) is 0 Å². The summed E-state index contributed by atoms with van der Waals surface area (Å²) in [7, 11) is 3.04. The SMILES string of the molecule is COC(=C[SiH2]CCCOCC1CO1)OC. The van der Waals surface area contributed by atoms with Crippen molar-refractivity contribution in [3.05, 3.63) is 11.6 Å². The van der Waals surface area contributed by atoms with Crippen LogP contribution in [0.15, 0.2) is 11.6 Å². The van der Waals surface area contributed by atoms with Crippen molar-refractivity contribution in [1.29, 1.82) is 0 Å². The van der Waals surface area contributed by atoms with E-state index >= 15 is 0 Å². The Morgan fingerprint density at radius 2 is 2.20 bits per heavy atom. The van der Waals surface area contributed by atoms with Crippen LogP contribution in [0.2, 0.25) is 6.04 Å². The van der Waals surface area contributed by atoms with Gasteiger partial charge < -0.3 is 18.9 Å². The normalized spacial score (nSPS) is 19.2. The highest BCUT2D eigenvalue weighted by molar-refractivity contribution is 6.42. The van der Waals surface area contributed by atoms with Crippen LogP contribution < -0.4 is 0 Å². The quantitative estimate of drug-likeness (QED) is 0.251. The van der Waals surface area contributed by atoms with Crippen LogP contribution in [0.4, 0.5) is 0 Å². The van der Waals surface area contributed by atoms with Crippen LogP contribution in [0.5, 0.6) is 0 Å². The van der Waals surface area contributed by atoms with Crippen molar-refractivity contribution in [1.82, 2.24) is 0 Å². The molecule has 0 aliphatic carbocycles. The summed E-state index contributed by atoms with van der Waals surface area (Å²) < 4.78 is 20.5. The number of hydrogen-bond acceptors (Lipinski definition) is 4. The first-order valence-corrected chi connectivity index (χ1v) is 7.16. The molecule has 0 spiro atoms. The molecule has 1 rings (SSSR count). The minimum atomic E-state index is -0.213. The lowest BCUT2D eigenvalue weighted by atomic mass is 10.5. The van der Waals surface area contributed by atoms with Gasteiger partial charge in [0, 0.05) is 6.61 Å². The third kappa shape index (κ3) is 6.54. The maximum absolute atomic E-state index is 5.43. The highest BCUT2D eigenvalue weighted by Gasteiger charge is 2.21. The minimum Gasteiger partial charge on any atom is -0.469 e. The molecule has 1 unspecified atom stereocenters. The third-order valence-corrected chi connectivity index (χ3v) is 3.69. The zero-order valence-electron chi connectivity index (χ0n) is 9.53. The average Bonchev–Trinajstić information content (AvgIpc) is 3.06. The molecule has 1 heterocycles. The van der Waals surface area contributed by atoms with Gasteiger partial charge in [0.1, 0.15) is 6.10 Å². The largest absolute Gasteiger partial charge is 0.469 e. The molecule has 0 aromatic rings. The molecule has 0 aromatic carbocycles. The van der Waals surface area contributed by atoms with E-state index in [2.05, 4.69) is 5.70 Å². The third-order valence-electron chi connectivity index (χ3n) is 2.16. The minimum absolute atomic E-state index is 0.213. The Balaban J connectivity index is 1.84. The van der Waals surface area contributed by atoms with Gasteiger partial charge in [-0.1, -0.05) is 6.04 Å². The lowest BCUT2D eigenvalue weighted by Gasteiger charge is -2.03. The van der Waals surface area contributed by atoms with Crippen molar-refractivity contribution in [3.63, 3.8) is 0 Å². The molecule has 0 aromatic heterocycles. The average molecular weight is 232 g/mol. The van der Waals surface area contributed by atoms with Gasteiger partial charge in [-0.3, -0.25) is 0 Å². The van der Waals surface area contributed by atoms with Crippen LogP contribution >= 0.6 is 0 Å². The summed E-state index contributed by atoms with van der Waals surface area (Å²) in [5.74, 6) is 0.647. The number of rotatable bonds is 9. The van der Waals surface area contributed by atoms with Crippen LogP contribution in [-0.4, -0.2) is 49.7 Å². The molecule has 0 saturated carbocycles. The summed E-state index contributed by atoms with van der Waals surface area (Å²) in [6.07, 6.45) is 1.51. The van der Waals surface area contributed by atoms with Gasteiger partial charge >= 0.3 is 0 Å². The summed E-state index contributed by atoms with van der Waals surface area (Å²) in [6.45, 7) is 2.48. The summed E-state index contributed by atoms with van der Waals surface area (Å²) >= 11 is 0. The second kappa shape index (κ2) is 7.73. The summed E-state index contributed by atoms with van der Waals surface area (Å²) in [4.78, 5) is 0. The summed E-state index contributed by atoms with van der Waals surface area (Å²) in [5, 5.41) is 0. The molecule has 1 aliphatic heterocycles. The molecule has 4 nitrogen and oxygen atoms in total. The van der Waals surface area contributed by atoms with Crippen molar-refractivity contribution < 1.29 is 18.9 Å². The second-order valence-corrected chi connectivity index (χ2v) is 5.15. The van der Waals surface area contributed by atoms with E-state index in [4.69, 9.17) is 18.9 Å². The van der Waals surface area contributed by atoms with E-state index in [0.29, 0.717) is 12.0 Å². The van der Waals surface area contributed by atoms with Gasteiger partial charge in [-0.15, -0.1) is 0 Å². The fourth-order valence-electron chi connectivity index (χ4n) is 1.20. The number of hydrogen-bond donors (Lipinski definition) is 0. The highest BCUT2D eigenvalue weighted by Crippen LogP contribution is 2.08. The Bertz CT molecular complexity index is 186. The Hall–Kier alpha value is -0.523. The van der Waals surface area contributed by atoms with E-state index in [1.807, 2.05) is 0 Å². The Morgan fingerprint density at radius 3 is 2.80 bits per heavy atom. The van der Waals surface area contributed by atoms with Gasteiger partial charge in [0.2, 0.25) is 0 Å². The predicted molar refractivity (Wildman–Crippen MR) is 60.6 cm³/mol. The first-order valence-electron chi connectivity index (χ1n) is 5.34. The van der Waals surface area contributed by atoms with E-state index in [0.717, 1.165) is 26.2 Å². The number of methoxy groups -OCH3 is 2. The van der Waals surface area contributed by atoms with Crippen molar-refractivity contribution in [2.75, 3.05) is 34.0 Å². The standard InChI is InChI=1S/C10H20O4Si/c1-11-10(12-2)8-15-5-3-4-13-6-9-7-14-9/h8-9H,3-7,15H2,1-2H3. The van der Waals surface area contributed by atoms with Crippen molar-refractivity contribution in [2.45, 2.75) is 18.6 Å². The second-order valence-electron chi connectivity index (χ2n) is 3.46. The monoisotopic (exact) mass is 232 g/mol. The van der Waals surface area contributed by atoms with E-state index in [9.17, 15) is 0 Å². The highest BCUT2D eigenvalue weighted by atomic mass is 28.2. The lowest BCUT2D eigenvalue weighted by Crippen LogP contribution is -2.03. The first kappa shape index (κ1) is 12.5. The van der Waals surface area contributed by atoms with Gasteiger partial charge in [0.05, 0.1) is 37.0 Å². The predicted octanol–water partition coefficient (Wildman–Crippen LogP) is 0.471. The number of epoxide rings is 1. The van der Waals surface area contributed by atoms with E-state index < -0.39 is 0 Å². The lowest BCUT2D eigenvalue weighted by molar-refractivity contribution is 0.0963. The first-order chi connectivity index (χ1) is 7.36. The molecule has 88 valence electrons. The molecule has 0 amide bonds. The summed E-state index contributed by atoms with van der Waals surface area (Å²) in [5.41, 5.74) is 2.09. The van der Waals surface area contributed by atoms with Crippen molar-refractivity contribution >= 4 is 9.52 Å². The molecule has 1 atom stereocenters. The molecule has 1 aliphatic rings. The maximum atomic E-state index is 5.43. The zero-order valence-corrected chi connectivity index (χ0v) is 10.9. The van der Waals surface area contributed by atoms with Gasteiger partial charge in [-0.25, -0.2) is 0 Å². The molecular formula is C10H20O4Si. The Morgan fingerprint density at radius 1 is 1.47 bits per heavy atom. The van der Waals surface area contributed by atoms with Crippen LogP contribution in [0.1, 0.15) is 6.42 Å². The summed E-state index contributed by atoms with van der Waals surface area (Å²) in [6, 6.07) is 1.22. The van der Waals surface area contributed by atoms with Crippen LogP contribution in [-0.2, 0) is 18.9 Å². The van der Waals surface area contributed by atoms with Gasteiger partial charge in [0.15, 0.2) is 0 Å². The molecular weight excluding hydrogens is 212 g/mol. The smallest absolute Gasteiger partial charge is 0.269 e. The topological polar surface area (TPSA) is 40.2 Å². The van der Waals surface area contributed by atoms with Crippen molar-refractivity contribution in [2.24, 2.45) is 0 Å². The molecule has 0 bridgehead atoms. The molecule has 1 saturated heterocycles. The van der Waals surface area contributed by atoms with Gasteiger partial charge in [-0.2, -0.15) is 0 Å². The maximum Gasteiger partial charge on any atom is 0.269 e.